The maximum Gasteiger partial charge on any atom is 0.250 e. The van der Waals surface area contributed by atoms with Gasteiger partial charge in [-0.3, -0.25) is 14.9 Å². The van der Waals surface area contributed by atoms with Gasteiger partial charge in [-0.25, -0.2) is 0 Å². The molecule has 0 saturated carbocycles. The van der Waals surface area contributed by atoms with Gasteiger partial charge in [0.15, 0.2) is 10.9 Å². The number of carbonyl (C=O) groups is 2. The number of fused-ring (bicyclic) bond motifs is 1. The Bertz CT molecular complexity index is 1030. The molecule has 0 atom stereocenters. The minimum absolute atomic E-state index is 0.00370. The lowest BCUT2D eigenvalue weighted by molar-refractivity contribution is -0.115. The van der Waals surface area contributed by atoms with Crippen LogP contribution in [-0.4, -0.2) is 16.8 Å². The first kappa shape index (κ1) is 18.5. The van der Waals surface area contributed by atoms with Crippen molar-refractivity contribution in [3.63, 3.8) is 0 Å². The summed E-state index contributed by atoms with van der Waals surface area (Å²) in [7, 11) is 0. The summed E-state index contributed by atoms with van der Waals surface area (Å²) in [5.41, 5.74) is 2.28. The lowest BCUT2D eigenvalue weighted by Crippen LogP contribution is -2.32. The first-order valence-corrected chi connectivity index (χ1v) is 8.82. The Hall–Kier alpha value is -3.31. The second-order valence-corrected chi connectivity index (χ2v) is 6.39. The summed E-state index contributed by atoms with van der Waals surface area (Å²) in [4.78, 5) is 23.4. The summed E-state index contributed by atoms with van der Waals surface area (Å²) in [6, 6.07) is 20.8. The first-order valence-electron chi connectivity index (χ1n) is 8.42. The van der Waals surface area contributed by atoms with Gasteiger partial charge < -0.3 is 5.32 Å². The van der Waals surface area contributed by atoms with Crippen LogP contribution in [0.25, 0.3) is 16.8 Å². The summed E-state index contributed by atoms with van der Waals surface area (Å²) in [6.07, 6.45) is 3.22. The number of carbonyl (C=O) groups excluding carboxylic acids is 2. The van der Waals surface area contributed by atoms with Crippen molar-refractivity contribution in [3.8, 4) is 0 Å². The van der Waals surface area contributed by atoms with E-state index in [-0.39, 0.29) is 16.8 Å². The van der Waals surface area contributed by atoms with Gasteiger partial charge in [0.05, 0.1) is 0 Å². The zero-order valence-corrected chi connectivity index (χ0v) is 15.5. The van der Waals surface area contributed by atoms with Crippen molar-refractivity contribution < 1.29 is 9.59 Å². The molecule has 0 bridgehead atoms. The maximum atomic E-state index is 12.1. The molecule has 4 nitrogen and oxygen atoms in total. The van der Waals surface area contributed by atoms with Gasteiger partial charge in [0.25, 0.3) is 0 Å². The molecule has 0 aliphatic rings. The Morgan fingerprint density at radius 1 is 0.926 bits per heavy atom. The van der Waals surface area contributed by atoms with Crippen molar-refractivity contribution in [1.82, 2.24) is 5.32 Å². The van der Waals surface area contributed by atoms with E-state index in [1.165, 1.54) is 13.0 Å². The highest BCUT2D eigenvalue weighted by Gasteiger charge is 2.04. The van der Waals surface area contributed by atoms with E-state index in [9.17, 15) is 9.59 Å². The monoisotopic (exact) mass is 374 g/mol. The van der Waals surface area contributed by atoms with Crippen molar-refractivity contribution in [2.24, 2.45) is 0 Å². The van der Waals surface area contributed by atoms with Crippen molar-refractivity contribution >= 4 is 51.6 Å². The van der Waals surface area contributed by atoms with E-state index in [1.54, 1.807) is 30.3 Å². The van der Waals surface area contributed by atoms with Gasteiger partial charge in [0.2, 0.25) is 5.91 Å². The van der Waals surface area contributed by atoms with Crippen LogP contribution in [0.15, 0.2) is 72.8 Å². The number of anilines is 1. The summed E-state index contributed by atoms with van der Waals surface area (Å²) >= 11 is 5.16. The Balaban J connectivity index is 1.62. The van der Waals surface area contributed by atoms with Gasteiger partial charge in [-0.05, 0) is 65.8 Å². The number of nitrogens with one attached hydrogen (secondary N) is 2. The number of ketones is 1. The van der Waals surface area contributed by atoms with E-state index in [0.717, 1.165) is 16.3 Å². The predicted molar refractivity (Wildman–Crippen MR) is 114 cm³/mol. The molecule has 0 heterocycles. The minimum Gasteiger partial charge on any atom is -0.332 e. The largest absolute Gasteiger partial charge is 0.332 e. The highest BCUT2D eigenvalue weighted by Crippen LogP contribution is 2.19. The molecule has 0 spiro atoms. The number of thiocarbonyl (C=S) groups is 1. The Morgan fingerprint density at radius 3 is 2.37 bits per heavy atom. The van der Waals surface area contributed by atoms with Gasteiger partial charge in [0.1, 0.15) is 0 Å². The minimum atomic E-state index is -0.319. The van der Waals surface area contributed by atoms with E-state index >= 15 is 0 Å². The molecule has 3 aromatic carbocycles. The first-order chi connectivity index (χ1) is 13.0. The summed E-state index contributed by atoms with van der Waals surface area (Å²) in [5.74, 6) is -0.322. The molecule has 3 rings (SSSR count). The number of rotatable bonds is 4. The standard InChI is InChI=1S/C22H18N2O2S/c1-15(25)16-9-12-19(13-10-16)23-22(27)24-21(26)14-11-18-7-4-6-17-5-2-3-8-20(17)18/h2-14H,1H3,(H2,23,24,26,27)/b14-11+. The van der Waals surface area contributed by atoms with E-state index in [0.29, 0.717) is 11.3 Å². The van der Waals surface area contributed by atoms with Crippen LogP contribution in [0.2, 0.25) is 0 Å². The van der Waals surface area contributed by atoms with Gasteiger partial charge in [-0.15, -0.1) is 0 Å². The topological polar surface area (TPSA) is 58.2 Å². The third-order valence-electron chi connectivity index (χ3n) is 4.02. The summed E-state index contributed by atoms with van der Waals surface area (Å²) in [5, 5.41) is 7.92. The molecule has 1 amide bonds. The SMILES string of the molecule is CC(=O)c1ccc(NC(=S)NC(=O)/C=C/c2cccc3ccccc23)cc1. The number of hydrogen-bond acceptors (Lipinski definition) is 3. The molecule has 134 valence electrons. The van der Waals surface area contributed by atoms with Crippen LogP contribution in [0.5, 0.6) is 0 Å². The van der Waals surface area contributed by atoms with Gasteiger partial charge in [-0.2, -0.15) is 0 Å². The molecule has 0 saturated heterocycles. The lowest BCUT2D eigenvalue weighted by atomic mass is 10.0. The van der Waals surface area contributed by atoms with E-state index in [2.05, 4.69) is 10.6 Å². The Kier molecular flexibility index (Phi) is 5.74. The van der Waals surface area contributed by atoms with Crippen molar-refractivity contribution in [3.05, 3.63) is 83.9 Å². The average molecular weight is 374 g/mol. The number of Topliss-reactive ketones (excluding diaryl/α,β-unsaturated/α-hetero) is 1. The van der Waals surface area contributed by atoms with Crippen LogP contribution in [0, 0.1) is 0 Å². The van der Waals surface area contributed by atoms with E-state index in [4.69, 9.17) is 12.2 Å². The van der Waals surface area contributed by atoms with Crippen molar-refractivity contribution in [1.29, 1.82) is 0 Å². The fourth-order valence-electron chi connectivity index (χ4n) is 2.67. The lowest BCUT2D eigenvalue weighted by Gasteiger charge is -2.08. The molecule has 5 heteroatoms. The number of amides is 1. The fraction of sp³-hybridized carbons (Fsp3) is 0.0455. The molecule has 27 heavy (non-hydrogen) atoms. The Morgan fingerprint density at radius 2 is 1.63 bits per heavy atom. The molecule has 0 radical (unpaired) electrons. The van der Waals surface area contributed by atoms with Gasteiger partial charge in [0, 0.05) is 17.3 Å². The number of benzene rings is 3. The highest BCUT2D eigenvalue weighted by molar-refractivity contribution is 7.80. The van der Waals surface area contributed by atoms with E-state index in [1.807, 2.05) is 42.5 Å². The molecular weight excluding hydrogens is 356 g/mol. The van der Waals surface area contributed by atoms with Crippen LogP contribution in [0.4, 0.5) is 5.69 Å². The zero-order valence-electron chi connectivity index (χ0n) is 14.7. The summed E-state index contributed by atoms with van der Waals surface area (Å²) < 4.78 is 0. The molecule has 0 aromatic heterocycles. The molecule has 0 fully saturated rings. The zero-order chi connectivity index (χ0) is 19.2. The maximum absolute atomic E-state index is 12.1. The average Bonchev–Trinajstić information content (AvgIpc) is 2.66. The van der Waals surface area contributed by atoms with Gasteiger partial charge in [-0.1, -0.05) is 42.5 Å². The molecule has 0 aliphatic heterocycles. The van der Waals surface area contributed by atoms with Crippen LogP contribution >= 0.6 is 12.2 Å². The van der Waals surface area contributed by atoms with Crippen LogP contribution in [0.3, 0.4) is 0 Å². The molecular formula is C22H18N2O2S. The quantitative estimate of drug-likeness (QED) is 0.399. The Labute approximate surface area is 162 Å². The van der Waals surface area contributed by atoms with Crippen molar-refractivity contribution in [2.75, 3.05) is 5.32 Å². The molecule has 0 aliphatic carbocycles. The third-order valence-corrected chi connectivity index (χ3v) is 4.23. The van der Waals surface area contributed by atoms with Crippen molar-refractivity contribution in [2.45, 2.75) is 6.92 Å². The fourth-order valence-corrected chi connectivity index (χ4v) is 2.88. The predicted octanol–water partition coefficient (Wildman–Crippen LogP) is 4.57. The van der Waals surface area contributed by atoms with E-state index < -0.39 is 0 Å². The smallest absolute Gasteiger partial charge is 0.250 e. The van der Waals surface area contributed by atoms with Crippen LogP contribution in [0.1, 0.15) is 22.8 Å². The summed E-state index contributed by atoms with van der Waals surface area (Å²) in [6.45, 7) is 1.51. The third kappa shape index (κ3) is 4.86. The second-order valence-electron chi connectivity index (χ2n) is 5.98. The highest BCUT2D eigenvalue weighted by atomic mass is 32.1. The van der Waals surface area contributed by atoms with Gasteiger partial charge >= 0.3 is 0 Å². The number of hydrogen-bond donors (Lipinski definition) is 2. The molecule has 3 aromatic rings. The normalized spacial score (nSPS) is 10.7. The van der Waals surface area contributed by atoms with Crippen LogP contribution < -0.4 is 10.6 Å². The molecule has 2 N–H and O–H groups in total. The second kappa shape index (κ2) is 8.38. The molecule has 0 unspecified atom stereocenters. The van der Waals surface area contributed by atoms with Crippen LogP contribution in [-0.2, 0) is 4.79 Å².